The first kappa shape index (κ1) is 10.6. The van der Waals surface area contributed by atoms with E-state index in [0.717, 1.165) is 5.92 Å². The Morgan fingerprint density at radius 3 is 1.62 bits per heavy atom. The highest BCUT2D eigenvalue weighted by atomic mass is 16.2. The third kappa shape index (κ3) is 46.3. The summed E-state index contributed by atoms with van der Waals surface area (Å²) in [6, 6.07) is 0. The lowest BCUT2D eigenvalue weighted by atomic mass is 10.2. The van der Waals surface area contributed by atoms with Gasteiger partial charge in [-0.1, -0.05) is 32.4 Å². The van der Waals surface area contributed by atoms with E-state index in [-0.39, 0.29) is 0 Å². The third-order valence-electron chi connectivity index (χ3n) is 0.816. The van der Waals surface area contributed by atoms with Crippen LogP contribution in [0, 0.1) is 10.8 Å². The molecule has 0 aliphatic carbocycles. The second-order valence-electron chi connectivity index (χ2n) is 1.98. The zero-order chi connectivity index (χ0) is 6.99. The Morgan fingerprint density at radius 2 is 1.62 bits per heavy atom. The molecule has 0 radical (unpaired) electrons. The summed E-state index contributed by atoms with van der Waals surface area (Å²) in [5.41, 5.74) is 0. The summed E-state index contributed by atoms with van der Waals surface area (Å²) < 4.78 is 0. The van der Waals surface area contributed by atoms with E-state index in [9.17, 15) is 0 Å². The first-order valence-electron chi connectivity index (χ1n) is 2.90. The van der Waals surface area contributed by atoms with Crippen molar-refractivity contribution >= 4 is 0 Å². The van der Waals surface area contributed by atoms with Crippen molar-refractivity contribution in [2.45, 2.75) is 27.2 Å². The molecule has 0 aromatic carbocycles. The first-order valence-corrected chi connectivity index (χ1v) is 2.90. The second kappa shape index (κ2) is 9.78. The van der Waals surface area contributed by atoms with Crippen molar-refractivity contribution in [1.29, 1.82) is 0 Å². The molecule has 0 aromatic heterocycles. The molecule has 0 heterocycles. The molecular formula is C6H15NO. The maximum Gasteiger partial charge on any atom is 0.0700 e. The average Bonchev–Trinajstić information content (AvgIpc) is 1.69. The van der Waals surface area contributed by atoms with Crippen LogP contribution >= 0.6 is 0 Å². The molecule has 0 saturated carbocycles. The minimum absolute atomic E-state index is 0.884. The van der Waals surface area contributed by atoms with Gasteiger partial charge in [-0.2, -0.15) is 4.91 Å². The van der Waals surface area contributed by atoms with Gasteiger partial charge in [0.15, 0.2) is 0 Å². The number of rotatable bonds is 1. The molecule has 0 fully saturated rings. The summed E-state index contributed by atoms with van der Waals surface area (Å²) in [5, 5.41) is 2.25. The second-order valence-corrected chi connectivity index (χ2v) is 1.98. The lowest BCUT2D eigenvalue weighted by Gasteiger charge is -1.90. The summed E-state index contributed by atoms with van der Waals surface area (Å²) >= 11 is 0. The van der Waals surface area contributed by atoms with Gasteiger partial charge < -0.3 is 0 Å². The van der Waals surface area contributed by atoms with Crippen LogP contribution in [0.25, 0.3) is 0 Å². The van der Waals surface area contributed by atoms with Gasteiger partial charge in [0.2, 0.25) is 0 Å². The molecule has 0 unspecified atom stereocenters. The Morgan fingerprint density at radius 1 is 1.50 bits per heavy atom. The van der Waals surface area contributed by atoms with Crippen molar-refractivity contribution in [2.75, 3.05) is 7.05 Å². The van der Waals surface area contributed by atoms with Crippen LogP contribution in [0.2, 0.25) is 0 Å². The zero-order valence-electron chi connectivity index (χ0n) is 6.14. The van der Waals surface area contributed by atoms with Crippen molar-refractivity contribution in [3.8, 4) is 0 Å². The van der Waals surface area contributed by atoms with Crippen LogP contribution in [-0.4, -0.2) is 7.05 Å². The highest BCUT2D eigenvalue weighted by Crippen LogP contribution is 1.93. The molecule has 0 saturated heterocycles. The van der Waals surface area contributed by atoms with E-state index in [1.165, 1.54) is 13.5 Å². The third-order valence-corrected chi connectivity index (χ3v) is 0.816. The van der Waals surface area contributed by atoms with Crippen molar-refractivity contribution < 1.29 is 0 Å². The van der Waals surface area contributed by atoms with Gasteiger partial charge in [0.25, 0.3) is 0 Å². The minimum atomic E-state index is 0.884. The van der Waals surface area contributed by atoms with Crippen molar-refractivity contribution in [3.05, 3.63) is 4.91 Å². The molecule has 0 spiro atoms. The molecule has 0 amide bonds. The van der Waals surface area contributed by atoms with E-state index in [1.807, 2.05) is 0 Å². The highest BCUT2D eigenvalue weighted by molar-refractivity contribution is 4.32. The van der Waals surface area contributed by atoms with Gasteiger partial charge >= 0.3 is 0 Å². The number of hydrogen-bond donors (Lipinski definition) is 0. The van der Waals surface area contributed by atoms with Crippen LogP contribution in [0.15, 0.2) is 5.18 Å². The lowest BCUT2D eigenvalue weighted by Crippen LogP contribution is -1.77. The molecule has 0 atom stereocenters. The minimum Gasteiger partial charge on any atom is -0.151 e. The summed E-state index contributed by atoms with van der Waals surface area (Å²) in [6.45, 7) is 6.64. The fraction of sp³-hybridized carbons (Fsp3) is 1.00. The standard InChI is InChI=1S/C5H12.CH3NO/c1-4-5(2)3;1-2-3/h5H,4H2,1-3H3;1H3. The fourth-order valence-corrected chi connectivity index (χ4v) is 0. The van der Waals surface area contributed by atoms with E-state index in [4.69, 9.17) is 4.91 Å². The van der Waals surface area contributed by atoms with Crippen LogP contribution in [0.5, 0.6) is 0 Å². The van der Waals surface area contributed by atoms with E-state index in [0.29, 0.717) is 0 Å². The molecule has 8 heavy (non-hydrogen) atoms. The first-order chi connectivity index (χ1) is 3.68. The Kier molecular flexibility index (Phi) is 12.9. The van der Waals surface area contributed by atoms with Crippen LogP contribution in [0.3, 0.4) is 0 Å². The zero-order valence-corrected chi connectivity index (χ0v) is 6.14. The molecule has 0 aliphatic heterocycles. The molecular weight excluding hydrogens is 102 g/mol. The molecule has 2 nitrogen and oxygen atoms in total. The lowest BCUT2D eigenvalue weighted by molar-refractivity contribution is 0.626. The Hall–Kier alpha value is -0.400. The van der Waals surface area contributed by atoms with E-state index >= 15 is 0 Å². The number of nitrogens with zero attached hydrogens (tertiary/aromatic N) is 1. The van der Waals surface area contributed by atoms with E-state index in [1.54, 1.807) is 0 Å². The molecule has 0 N–H and O–H groups in total. The van der Waals surface area contributed by atoms with Crippen molar-refractivity contribution in [2.24, 2.45) is 11.1 Å². The highest BCUT2D eigenvalue weighted by Gasteiger charge is 1.80. The van der Waals surface area contributed by atoms with Gasteiger partial charge in [-0.15, -0.1) is 0 Å². The van der Waals surface area contributed by atoms with E-state index < -0.39 is 0 Å². The largest absolute Gasteiger partial charge is 0.151 e. The van der Waals surface area contributed by atoms with Gasteiger partial charge in [0, 0.05) is 0 Å². The summed E-state index contributed by atoms with van der Waals surface area (Å²) in [6.07, 6.45) is 1.31. The summed E-state index contributed by atoms with van der Waals surface area (Å²) in [4.78, 5) is 8.56. The van der Waals surface area contributed by atoms with Gasteiger partial charge in [0.1, 0.15) is 0 Å². The molecule has 0 aromatic rings. The van der Waals surface area contributed by atoms with Crippen LogP contribution < -0.4 is 0 Å². The smallest absolute Gasteiger partial charge is 0.0700 e. The summed E-state index contributed by atoms with van der Waals surface area (Å²) in [7, 11) is 1.19. The average molecular weight is 117 g/mol. The SMILES string of the molecule is CCC(C)C.CN=O. The maximum atomic E-state index is 8.56. The quantitative estimate of drug-likeness (QED) is 0.485. The van der Waals surface area contributed by atoms with Crippen molar-refractivity contribution in [1.82, 2.24) is 0 Å². The predicted molar refractivity (Wildman–Crippen MR) is 36.8 cm³/mol. The monoisotopic (exact) mass is 117 g/mol. The molecule has 0 bridgehead atoms. The number of nitroso groups, excluding NO2 is 1. The van der Waals surface area contributed by atoms with Gasteiger partial charge in [-0.25, -0.2) is 0 Å². The van der Waals surface area contributed by atoms with Gasteiger partial charge in [-0.3, -0.25) is 0 Å². The number of hydrogen-bond acceptors (Lipinski definition) is 2. The van der Waals surface area contributed by atoms with Crippen LogP contribution in [-0.2, 0) is 0 Å². The molecule has 50 valence electrons. The van der Waals surface area contributed by atoms with E-state index in [2.05, 4.69) is 25.9 Å². The molecule has 2 heteroatoms. The predicted octanol–water partition coefficient (Wildman–Crippen LogP) is 2.44. The normalized spacial score (nSPS) is 7.62. The topological polar surface area (TPSA) is 29.4 Å². The maximum absolute atomic E-state index is 8.56. The Labute approximate surface area is 51.3 Å². The Bertz CT molecular complexity index is 43.8. The van der Waals surface area contributed by atoms with Crippen LogP contribution in [0.4, 0.5) is 0 Å². The summed E-state index contributed by atoms with van der Waals surface area (Å²) in [5.74, 6) is 0.884. The van der Waals surface area contributed by atoms with Crippen molar-refractivity contribution in [3.63, 3.8) is 0 Å². The van der Waals surface area contributed by atoms with Gasteiger partial charge in [-0.05, 0) is 5.92 Å². The van der Waals surface area contributed by atoms with Crippen LogP contribution in [0.1, 0.15) is 27.2 Å². The molecule has 0 rings (SSSR count). The van der Waals surface area contributed by atoms with Gasteiger partial charge in [0.05, 0.1) is 7.05 Å². The fourth-order valence-electron chi connectivity index (χ4n) is 0. The Balaban J connectivity index is 0. The molecule has 0 aliphatic rings.